The Labute approximate surface area is 95.8 Å². The molecule has 0 unspecified atom stereocenters. The van der Waals surface area contributed by atoms with Crippen LogP contribution in [0.15, 0.2) is 29.4 Å². The number of aryl methyl sites for hydroxylation is 1. The van der Waals surface area contributed by atoms with Gasteiger partial charge in [0, 0.05) is 5.71 Å². The number of rotatable bonds is 3. The molecule has 1 aromatic rings. The topological polar surface area (TPSA) is 32.7 Å². The molecule has 0 aromatic heterocycles. The Hall–Kier alpha value is -1.64. The van der Waals surface area contributed by atoms with Crippen LogP contribution >= 0.6 is 0 Å². The van der Waals surface area contributed by atoms with Crippen LogP contribution in [-0.4, -0.2) is 11.6 Å². The lowest BCUT2D eigenvalue weighted by Gasteiger charge is -2.13. The second-order valence-electron chi connectivity index (χ2n) is 4.09. The van der Waals surface area contributed by atoms with Crippen molar-refractivity contribution in [3.05, 3.63) is 29.8 Å². The minimum absolute atomic E-state index is 0.0813. The first-order valence-electron chi connectivity index (χ1n) is 5.67. The fraction of sp³-hybridized carbons (Fsp3) is 0.385. The van der Waals surface area contributed by atoms with Crippen molar-refractivity contribution >= 4 is 17.3 Å². The molecule has 0 N–H and O–H groups in total. The quantitative estimate of drug-likeness (QED) is 0.764. The highest BCUT2D eigenvalue weighted by molar-refractivity contribution is 6.13. The fourth-order valence-corrected chi connectivity index (χ4v) is 1.90. The second kappa shape index (κ2) is 4.47. The van der Waals surface area contributed by atoms with E-state index in [9.17, 15) is 4.79 Å². The van der Waals surface area contributed by atoms with Gasteiger partial charge in [-0.15, -0.1) is 0 Å². The molecule has 1 heterocycles. The van der Waals surface area contributed by atoms with E-state index in [0.29, 0.717) is 6.42 Å². The smallest absolute Gasteiger partial charge is 0.253 e. The lowest BCUT2D eigenvalue weighted by molar-refractivity contribution is -0.116. The van der Waals surface area contributed by atoms with E-state index in [1.54, 1.807) is 5.01 Å². The van der Waals surface area contributed by atoms with E-state index in [0.717, 1.165) is 29.8 Å². The van der Waals surface area contributed by atoms with E-state index in [1.807, 2.05) is 31.2 Å². The number of hydrogen-bond acceptors (Lipinski definition) is 2. The molecule has 0 atom stereocenters. The molecule has 3 nitrogen and oxygen atoms in total. The predicted molar refractivity (Wildman–Crippen MR) is 65.6 cm³/mol. The molecular weight excluding hydrogens is 200 g/mol. The SMILES string of the molecule is CCCC1=NN(c2ccccc2C)C(=O)C1. The van der Waals surface area contributed by atoms with E-state index >= 15 is 0 Å². The minimum atomic E-state index is 0.0813. The van der Waals surface area contributed by atoms with Crippen LogP contribution < -0.4 is 5.01 Å². The van der Waals surface area contributed by atoms with E-state index in [-0.39, 0.29) is 5.91 Å². The molecule has 0 bridgehead atoms. The molecule has 0 aliphatic carbocycles. The van der Waals surface area contributed by atoms with Crippen molar-refractivity contribution in [2.24, 2.45) is 5.10 Å². The number of hydrogen-bond donors (Lipinski definition) is 0. The number of benzene rings is 1. The summed E-state index contributed by atoms with van der Waals surface area (Å²) in [4.78, 5) is 11.8. The zero-order chi connectivity index (χ0) is 11.5. The molecule has 3 heteroatoms. The Kier molecular flexibility index (Phi) is 3.04. The summed E-state index contributed by atoms with van der Waals surface area (Å²) in [5.41, 5.74) is 2.98. The molecule has 0 saturated heterocycles. The average molecular weight is 216 g/mol. The van der Waals surface area contributed by atoms with Crippen LogP contribution in [0.1, 0.15) is 31.7 Å². The third-order valence-corrected chi connectivity index (χ3v) is 2.72. The number of para-hydroxylation sites is 1. The number of hydrazone groups is 1. The molecule has 0 radical (unpaired) electrons. The lowest BCUT2D eigenvalue weighted by Crippen LogP contribution is -2.20. The van der Waals surface area contributed by atoms with Crippen molar-refractivity contribution in [2.75, 3.05) is 5.01 Å². The summed E-state index contributed by atoms with van der Waals surface area (Å²) in [6.07, 6.45) is 2.42. The number of carbonyl (C=O) groups is 1. The van der Waals surface area contributed by atoms with Gasteiger partial charge in [-0.2, -0.15) is 5.10 Å². The number of amides is 1. The lowest BCUT2D eigenvalue weighted by atomic mass is 10.1. The fourth-order valence-electron chi connectivity index (χ4n) is 1.90. The molecule has 1 aromatic carbocycles. The number of nitrogens with zero attached hydrogens (tertiary/aromatic N) is 2. The summed E-state index contributed by atoms with van der Waals surface area (Å²) in [7, 11) is 0. The van der Waals surface area contributed by atoms with Gasteiger partial charge in [0.1, 0.15) is 0 Å². The third kappa shape index (κ3) is 1.98. The maximum atomic E-state index is 11.8. The van der Waals surface area contributed by atoms with Crippen molar-refractivity contribution in [3.63, 3.8) is 0 Å². The third-order valence-electron chi connectivity index (χ3n) is 2.72. The summed E-state index contributed by atoms with van der Waals surface area (Å²) < 4.78 is 0. The van der Waals surface area contributed by atoms with Crippen LogP contribution in [0.4, 0.5) is 5.69 Å². The van der Waals surface area contributed by atoms with Gasteiger partial charge in [0.25, 0.3) is 5.91 Å². The first kappa shape index (κ1) is 10.9. The van der Waals surface area contributed by atoms with Crippen LogP contribution in [-0.2, 0) is 4.79 Å². The molecule has 1 amide bonds. The monoisotopic (exact) mass is 216 g/mol. The average Bonchev–Trinajstić information content (AvgIpc) is 2.61. The Morgan fingerprint density at radius 3 is 2.81 bits per heavy atom. The predicted octanol–water partition coefficient (Wildman–Crippen LogP) is 2.89. The molecular formula is C13H16N2O. The van der Waals surface area contributed by atoms with Crippen LogP contribution in [0.25, 0.3) is 0 Å². The molecule has 0 spiro atoms. The van der Waals surface area contributed by atoms with E-state index in [1.165, 1.54) is 0 Å². The van der Waals surface area contributed by atoms with Crippen LogP contribution in [0.3, 0.4) is 0 Å². The maximum absolute atomic E-state index is 11.8. The molecule has 1 aliphatic heterocycles. The molecule has 16 heavy (non-hydrogen) atoms. The zero-order valence-electron chi connectivity index (χ0n) is 9.73. The van der Waals surface area contributed by atoms with E-state index in [4.69, 9.17) is 0 Å². The summed E-state index contributed by atoms with van der Waals surface area (Å²) in [6.45, 7) is 4.10. The van der Waals surface area contributed by atoms with Gasteiger partial charge in [-0.05, 0) is 25.0 Å². The van der Waals surface area contributed by atoms with Gasteiger partial charge in [-0.1, -0.05) is 31.5 Å². The highest BCUT2D eigenvalue weighted by Gasteiger charge is 2.25. The largest absolute Gasteiger partial charge is 0.272 e. The van der Waals surface area contributed by atoms with Gasteiger partial charge in [-0.3, -0.25) is 4.79 Å². The standard InChI is InChI=1S/C13H16N2O/c1-3-6-11-9-13(16)15(14-11)12-8-5-4-7-10(12)2/h4-5,7-8H,3,6,9H2,1-2H3. The Morgan fingerprint density at radius 1 is 1.38 bits per heavy atom. The van der Waals surface area contributed by atoms with Crippen molar-refractivity contribution in [2.45, 2.75) is 33.1 Å². The van der Waals surface area contributed by atoms with E-state index < -0.39 is 0 Å². The summed E-state index contributed by atoms with van der Waals surface area (Å²) in [5.74, 6) is 0.0813. The number of anilines is 1. The Balaban J connectivity index is 2.28. The highest BCUT2D eigenvalue weighted by atomic mass is 16.2. The van der Waals surface area contributed by atoms with Gasteiger partial charge in [0.2, 0.25) is 0 Å². The van der Waals surface area contributed by atoms with Crippen molar-refractivity contribution in [1.82, 2.24) is 0 Å². The molecule has 0 saturated carbocycles. The molecule has 2 rings (SSSR count). The highest BCUT2D eigenvalue weighted by Crippen LogP contribution is 2.24. The Bertz CT molecular complexity index is 437. The summed E-state index contributed by atoms with van der Waals surface area (Å²) in [5, 5.41) is 5.93. The molecule has 0 fully saturated rings. The number of carbonyl (C=O) groups excluding carboxylic acids is 1. The van der Waals surface area contributed by atoms with Gasteiger partial charge in [0.05, 0.1) is 12.1 Å². The van der Waals surface area contributed by atoms with Gasteiger partial charge >= 0.3 is 0 Å². The van der Waals surface area contributed by atoms with Crippen molar-refractivity contribution in [3.8, 4) is 0 Å². The first-order chi connectivity index (χ1) is 7.72. The molecule has 84 valence electrons. The van der Waals surface area contributed by atoms with E-state index in [2.05, 4.69) is 12.0 Å². The van der Waals surface area contributed by atoms with Crippen molar-refractivity contribution < 1.29 is 4.79 Å². The van der Waals surface area contributed by atoms with Gasteiger partial charge in [0.15, 0.2) is 0 Å². The molecule has 1 aliphatic rings. The zero-order valence-corrected chi connectivity index (χ0v) is 9.73. The Morgan fingerprint density at radius 2 is 2.12 bits per heavy atom. The van der Waals surface area contributed by atoms with Gasteiger partial charge < -0.3 is 0 Å². The maximum Gasteiger partial charge on any atom is 0.253 e. The normalized spacial score (nSPS) is 15.5. The van der Waals surface area contributed by atoms with Crippen LogP contribution in [0, 0.1) is 6.92 Å². The van der Waals surface area contributed by atoms with Crippen molar-refractivity contribution in [1.29, 1.82) is 0 Å². The summed E-state index contributed by atoms with van der Waals surface area (Å²) >= 11 is 0. The summed E-state index contributed by atoms with van der Waals surface area (Å²) in [6, 6.07) is 7.83. The minimum Gasteiger partial charge on any atom is -0.272 e. The van der Waals surface area contributed by atoms with Gasteiger partial charge in [-0.25, -0.2) is 5.01 Å². The van der Waals surface area contributed by atoms with Crippen LogP contribution in [0.2, 0.25) is 0 Å². The second-order valence-corrected chi connectivity index (χ2v) is 4.09. The first-order valence-corrected chi connectivity index (χ1v) is 5.67. The van der Waals surface area contributed by atoms with Crippen LogP contribution in [0.5, 0.6) is 0 Å².